The fourth-order valence-electron chi connectivity index (χ4n) is 2.92. The number of benzene rings is 1. The molecule has 0 unspecified atom stereocenters. The van der Waals surface area contributed by atoms with E-state index >= 15 is 0 Å². The Hall–Kier alpha value is -2.34. The van der Waals surface area contributed by atoms with E-state index in [0.717, 1.165) is 47.8 Å². The van der Waals surface area contributed by atoms with E-state index in [1.807, 2.05) is 11.0 Å². The molecule has 1 aromatic carbocycles. The van der Waals surface area contributed by atoms with E-state index in [0.29, 0.717) is 4.88 Å². The molecule has 2 aromatic rings. The number of hydrogen-bond acceptors (Lipinski definition) is 4. The van der Waals surface area contributed by atoms with Crippen molar-refractivity contribution >= 4 is 34.5 Å². The summed E-state index contributed by atoms with van der Waals surface area (Å²) in [4.78, 5) is 28.4. The predicted molar refractivity (Wildman–Crippen MR) is 94.0 cm³/mol. The van der Waals surface area contributed by atoms with Crippen LogP contribution in [0, 0.1) is 5.92 Å². The van der Waals surface area contributed by atoms with Crippen LogP contribution in [0.4, 0.5) is 11.4 Å². The molecule has 6 heteroatoms. The Morgan fingerprint density at radius 2 is 2.00 bits per heavy atom. The van der Waals surface area contributed by atoms with Crippen molar-refractivity contribution in [1.82, 2.24) is 0 Å². The maximum absolute atomic E-state index is 12.5. The van der Waals surface area contributed by atoms with Crippen LogP contribution in [0.5, 0.6) is 5.75 Å². The molecular formula is C18H18N2O3S. The van der Waals surface area contributed by atoms with Crippen LogP contribution in [0.3, 0.4) is 0 Å². The van der Waals surface area contributed by atoms with Crippen molar-refractivity contribution in [2.45, 2.75) is 19.3 Å². The lowest BCUT2D eigenvalue weighted by molar-refractivity contribution is -0.119. The monoisotopic (exact) mass is 342 g/mol. The third-order valence-electron chi connectivity index (χ3n) is 4.40. The first-order valence-electron chi connectivity index (χ1n) is 8.05. The molecule has 1 aromatic heterocycles. The molecule has 0 saturated heterocycles. The van der Waals surface area contributed by atoms with Gasteiger partial charge in [-0.05, 0) is 43.2 Å². The average Bonchev–Trinajstić information content (AvgIpc) is 3.24. The molecule has 5 nitrogen and oxygen atoms in total. The van der Waals surface area contributed by atoms with Crippen LogP contribution >= 0.6 is 11.3 Å². The number of methoxy groups -OCH3 is 1. The third kappa shape index (κ3) is 2.78. The van der Waals surface area contributed by atoms with E-state index < -0.39 is 0 Å². The van der Waals surface area contributed by atoms with Gasteiger partial charge in [0, 0.05) is 29.4 Å². The fourth-order valence-corrected chi connectivity index (χ4v) is 3.97. The first-order chi connectivity index (χ1) is 11.7. The van der Waals surface area contributed by atoms with Gasteiger partial charge in [-0.2, -0.15) is 0 Å². The van der Waals surface area contributed by atoms with Gasteiger partial charge in [-0.1, -0.05) is 0 Å². The Kier molecular flexibility index (Phi) is 3.76. The van der Waals surface area contributed by atoms with Gasteiger partial charge in [0.25, 0.3) is 5.91 Å². The van der Waals surface area contributed by atoms with Gasteiger partial charge in [0.05, 0.1) is 17.7 Å². The van der Waals surface area contributed by atoms with E-state index in [1.165, 1.54) is 11.3 Å². The van der Waals surface area contributed by atoms with Crippen LogP contribution < -0.4 is 15.0 Å². The number of hydrogen-bond donors (Lipinski definition) is 1. The maximum atomic E-state index is 12.5. The van der Waals surface area contributed by atoms with Gasteiger partial charge in [0.2, 0.25) is 5.91 Å². The van der Waals surface area contributed by atoms with E-state index in [2.05, 4.69) is 5.32 Å². The molecule has 124 valence electrons. The Morgan fingerprint density at radius 3 is 2.67 bits per heavy atom. The largest absolute Gasteiger partial charge is 0.497 e. The lowest BCUT2D eigenvalue weighted by Crippen LogP contribution is -2.30. The van der Waals surface area contributed by atoms with Gasteiger partial charge in [-0.3, -0.25) is 9.59 Å². The lowest BCUT2D eigenvalue weighted by atomic mass is 10.3. The predicted octanol–water partition coefficient (Wildman–Crippen LogP) is 3.31. The second-order valence-corrected chi connectivity index (χ2v) is 7.25. The minimum atomic E-state index is -0.140. The Labute approximate surface area is 144 Å². The van der Waals surface area contributed by atoms with E-state index in [1.54, 1.807) is 31.4 Å². The lowest BCUT2D eigenvalue weighted by Gasteiger charge is -2.15. The van der Waals surface area contributed by atoms with Gasteiger partial charge in [-0.15, -0.1) is 11.3 Å². The third-order valence-corrected chi connectivity index (χ3v) is 5.59. The number of fused-ring (bicyclic) bond motifs is 1. The van der Waals surface area contributed by atoms with Crippen LogP contribution in [-0.4, -0.2) is 25.5 Å². The van der Waals surface area contributed by atoms with Gasteiger partial charge < -0.3 is 15.0 Å². The smallest absolute Gasteiger partial charge is 0.265 e. The molecule has 1 aliphatic heterocycles. The van der Waals surface area contributed by atoms with Crippen molar-refractivity contribution in [3.05, 3.63) is 40.1 Å². The highest BCUT2D eigenvalue weighted by molar-refractivity contribution is 7.14. The summed E-state index contributed by atoms with van der Waals surface area (Å²) in [7, 11) is 1.61. The molecule has 0 radical (unpaired) electrons. The number of nitrogens with zero attached hydrogens (tertiary/aromatic N) is 1. The standard InChI is InChI=1S/C18H18N2O3S/c1-23-13-6-4-12(5-7-13)19-17(21)16-10-14-15(24-16)8-9-20(14)18(22)11-2-3-11/h4-7,10-11H,2-3,8-9H2,1H3,(H,19,21). The summed E-state index contributed by atoms with van der Waals surface area (Å²) in [5.74, 6) is 1.02. The highest BCUT2D eigenvalue weighted by Crippen LogP contribution is 2.40. The zero-order valence-electron chi connectivity index (χ0n) is 13.4. The number of thiophene rings is 1. The Balaban J connectivity index is 1.49. The molecule has 0 spiro atoms. The number of rotatable bonds is 4. The minimum absolute atomic E-state index is 0.140. The first-order valence-corrected chi connectivity index (χ1v) is 8.87. The van der Waals surface area contributed by atoms with E-state index in [-0.39, 0.29) is 17.7 Å². The molecule has 0 bridgehead atoms. The Morgan fingerprint density at radius 1 is 1.25 bits per heavy atom. The van der Waals surface area contributed by atoms with Crippen molar-refractivity contribution in [1.29, 1.82) is 0 Å². The molecule has 1 N–H and O–H groups in total. The van der Waals surface area contributed by atoms with Crippen molar-refractivity contribution in [2.24, 2.45) is 5.92 Å². The van der Waals surface area contributed by atoms with Crippen molar-refractivity contribution in [2.75, 3.05) is 23.9 Å². The van der Waals surface area contributed by atoms with E-state index in [9.17, 15) is 9.59 Å². The quantitative estimate of drug-likeness (QED) is 0.927. The molecule has 1 aliphatic carbocycles. The molecule has 0 atom stereocenters. The van der Waals surface area contributed by atoms with Crippen LogP contribution in [-0.2, 0) is 11.2 Å². The molecule has 2 amide bonds. The van der Waals surface area contributed by atoms with Crippen molar-refractivity contribution in [3.63, 3.8) is 0 Å². The second kappa shape index (κ2) is 5.94. The number of nitrogens with one attached hydrogen (secondary N) is 1. The Bertz CT molecular complexity index is 793. The number of ether oxygens (including phenoxy) is 1. The van der Waals surface area contributed by atoms with Gasteiger partial charge in [-0.25, -0.2) is 0 Å². The number of amides is 2. The zero-order valence-corrected chi connectivity index (χ0v) is 14.2. The number of carbonyl (C=O) groups is 2. The number of anilines is 2. The van der Waals surface area contributed by atoms with Crippen LogP contribution in [0.2, 0.25) is 0 Å². The van der Waals surface area contributed by atoms with Crippen molar-refractivity contribution in [3.8, 4) is 5.75 Å². The van der Waals surface area contributed by atoms with Crippen LogP contribution in [0.1, 0.15) is 27.4 Å². The summed E-state index contributed by atoms with van der Waals surface area (Å²) < 4.78 is 5.11. The van der Waals surface area contributed by atoms with Crippen molar-refractivity contribution < 1.29 is 14.3 Å². The second-order valence-electron chi connectivity index (χ2n) is 6.12. The molecule has 1 fully saturated rings. The molecular weight excluding hydrogens is 324 g/mol. The summed E-state index contributed by atoms with van der Waals surface area (Å²) in [5, 5.41) is 2.89. The SMILES string of the molecule is COc1ccc(NC(=O)c2cc3c(s2)CCN3C(=O)C2CC2)cc1. The summed E-state index contributed by atoms with van der Waals surface area (Å²) in [6, 6.07) is 9.08. The highest BCUT2D eigenvalue weighted by Gasteiger charge is 2.37. The minimum Gasteiger partial charge on any atom is -0.497 e. The number of carbonyl (C=O) groups excluding carboxylic acids is 2. The van der Waals surface area contributed by atoms with Gasteiger partial charge in [0.15, 0.2) is 0 Å². The van der Waals surface area contributed by atoms with Crippen LogP contribution in [0.25, 0.3) is 0 Å². The maximum Gasteiger partial charge on any atom is 0.265 e. The molecule has 1 saturated carbocycles. The molecule has 2 heterocycles. The summed E-state index contributed by atoms with van der Waals surface area (Å²) in [6.45, 7) is 0.747. The van der Waals surface area contributed by atoms with E-state index in [4.69, 9.17) is 4.74 Å². The topological polar surface area (TPSA) is 58.6 Å². The summed E-state index contributed by atoms with van der Waals surface area (Å²) in [5.41, 5.74) is 1.65. The van der Waals surface area contributed by atoms with Gasteiger partial charge >= 0.3 is 0 Å². The van der Waals surface area contributed by atoms with Crippen LogP contribution in [0.15, 0.2) is 30.3 Å². The molecule has 4 rings (SSSR count). The highest BCUT2D eigenvalue weighted by atomic mass is 32.1. The normalized spacial score (nSPS) is 16.0. The average molecular weight is 342 g/mol. The molecule has 24 heavy (non-hydrogen) atoms. The zero-order chi connectivity index (χ0) is 16.7. The first kappa shape index (κ1) is 15.2. The summed E-state index contributed by atoms with van der Waals surface area (Å²) >= 11 is 1.48. The van der Waals surface area contributed by atoms with Gasteiger partial charge in [0.1, 0.15) is 5.75 Å². The molecule has 2 aliphatic rings. The fraction of sp³-hybridized carbons (Fsp3) is 0.333. The summed E-state index contributed by atoms with van der Waals surface area (Å²) in [6.07, 6.45) is 2.84.